The fourth-order valence-electron chi connectivity index (χ4n) is 12.8. The van der Waals surface area contributed by atoms with E-state index in [4.69, 9.17) is 37.0 Å². The Morgan fingerprint density at radius 2 is 0.519 bits per heavy atom. The molecular formula is C85H162O17P2. The van der Waals surface area contributed by atoms with Gasteiger partial charge in [0, 0.05) is 25.7 Å². The summed E-state index contributed by atoms with van der Waals surface area (Å²) in [7, 11) is -9.94. The number of phosphoric ester groups is 2. The van der Waals surface area contributed by atoms with Gasteiger partial charge in [-0.15, -0.1) is 0 Å². The summed E-state index contributed by atoms with van der Waals surface area (Å²) in [5, 5.41) is 10.7. The first-order chi connectivity index (χ1) is 50.5. The van der Waals surface area contributed by atoms with Crippen molar-refractivity contribution in [2.24, 2.45) is 5.92 Å². The van der Waals surface area contributed by atoms with E-state index >= 15 is 0 Å². The van der Waals surface area contributed by atoms with Gasteiger partial charge in [0.15, 0.2) is 12.2 Å². The fraction of sp³-hybridized carbons (Fsp3) is 0.906. The molecule has 0 saturated carbocycles. The first kappa shape index (κ1) is 102. The van der Waals surface area contributed by atoms with E-state index in [0.717, 1.165) is 109 Å². The van der Waals surface area contributed by atoms with Gasteiger partial charge in [-0.2, -0.15) is 0 Å². The number of aliphatic hydroxyl groups is 1. The lowest BCUT2D eigenvalue weighted by atomic mass is 10.0. The number of hydrogen-bond donors (Lipinski definition) is 3. The second kappa shape index (κ2) is 77.3. The normalized spacial score (nSPS) is 13.9. The highest BCUT2D eigenvalue weighted by Crippen LogP contribution is 2.45. The van der Waals surface area contributed by atoms with E-state index < -0.39 is 97.5 Å². The molecule has 0 rings (SSSR count). The smallest absolute Gasteiger partial charge is 0.462 e. The predicted molar refractivity (Wildman–Crippen MR) is 428 cm³/mol. The van der Waals surface area contributed by atoms with Crippen molar-refractivity contribution < 1.29 is 80.2 Å². The fourth-order valence-corrected chi connectivity index (χ4v) is 14.3. The van der Waals surface area contributed by atoms with Crippen LogP contribution in [0.3, 0.4) is 0 Å². The summed E-state index contributed by atoms with van der Waals surface area (Å²) in [6.45, 7) is 7.27. The highest BCUT2D eigenvalue weighted by atomic mass is 31.2. The summed E-state index contributed by atoms with van der Waals surface area (Å²) in [6.07, 6.45) is 73.0. The number of allylic oxidation sites excluding steroid dienone is 4. The number of hydrogen-bond acceptors (Lipinski definition) is 15. The number of carbonyl (C=O) groups is 4. The molecule has 0 aliphatic rings. The molecule has 0 aromatic rings. The highest BCUT2D eigenvalue weighted by Gasteiger charge is 2.30. The first-order valence-electron chi connectivity index (χ1n) is 43.5. The Labute approximate surface area is 637 Å². The Morgan fingerprint density at radius 3 is 0.788 bits per heavy atom. The monoisotopic (exact) mass is 1520 g/mol. The number of phosphoric acid groups is 2. The third-order valence-electron chi connectivity index (χ3n) is 19.4. The van der Waals surface area contributed by atoms with Crippen molar-refractivity contribution in [3.05, 3.63) is 24.3 Å². The van der Waals surface area contributed by atoms with Crippen LogP contribution in [0.15, 0.2) is 24.3 Å². The molecule has 104 heavy (non-hydrogen) atoms. The number of aliphatic hydroxyl groups excluding tert-OH is 1. The number of esters is 4. The lowest BCUT2D eigenvalue weighted by molar-refractivity contribution is -0.161. The van der Waals surface area contributed by atoms with E-state index in [1.807, 2.05) is 0 Å². The quantitative estimate of drug-likeness (QED) is 0.0169. The van der Waals surface area contributed by atoms with Gasteiger partial charge in [-0.3, -0.25) is 37.3 Å². The Balaban J connectivity index is 5.28. The van der Waals surface area contributed by atoms with Crippen LogP contribution in [-0.4, -0.2) is 96.7 Å². The Morgan fingerprint density at radius 1 is 0.298 bits per heavy atom. The van der Waals surface area contributed by atoms with Crippen molar-refractivity contribution in [2.45, 2.75) is 451 Å². The zero-order valence-corrected chi connectivity index (χ0v) is 69.4. The molecule has 3 N–H and O–H groups in total. The van der Waals surface area contributed by atoms with Crippen LogP contribution in [0, 0.1) is 5.92 Å². The number of unbranched alkanes of at least 4 members (excludes halogenated alkanes) is 52. The summed E-state index contributed by atoms with van der Waals surface area (Å²) in [5.41, 5.74) is 0. The van der Waals surface area contributed by atoms with E-state index in [0.29, 0.717) is 25.7 Å². The molecule has 0 aliphatic heterocycles. The average molecular weight is 1520 g/mol. The minimum absolute atomic E-state index is 0.0852. The van der Waals surface area contributed by atoms with Gasteiger partial charge in [-0.1, -0.05) is 380 Å². The summed E-state index contributed by atoms with van der Waals surface area (Å²) >= 11 is 0. The van der Waals surface area contributed by atoms with Gasteiger partial charge in [0.25, 0.3) is 0 Å². The molecule has 0 fully saturated rings. The van der Waals surface area contributed by atoms with Gasteiger partial charge in [0.1, 0.15) is 19.3 Å². The third kappa shape index (κ3) is 77.7. The van der Waals surface area contributed by atoms with E-state index in [9.17, 15) is 43.2 Å². The second-order valence-electron chi connectivity index (χ2n) is 30.4. The molecule has 0 aromatic heterocycles. The van der Waals surface area contributed by atoms with Crippen molar-refractivity contribution in [1.82, 2.24) is 0 Å². The summed E-state index contributed by atoms with van der Waals surface area (Å²) < 4.78 is 68.8. The van der Waals surface area contributed by atoms with Gasteiger partial charge in [-0.25, -0.2) is 9.13 Å². The van der Waals surface area contributed by atoms with Gasteiger partial charge in [0.2, 0.25) is 0 Å². The van der Waals surface area contributed by atoms with Crippen LogP contribution in [-0.2, 0) is 65.4 Å². The Hall–Kier alpha value is -2.46. The first-order valence-corrected chi connectivity index (χ1v) is 46.4. The number of rotatable bonds is 83. The minimum atomic E-state index is -4.97. The Kier molecular flexibility index (Phi) is 75.4. The molecule has 0 saturated heterocycles. The molecule has 0 aromatic carbocycles. The van der Waals surface area contributed by atoms with Crippen LogP contribution < -0.4 is 0 Å². The highest BCUT2D eigenvalue weighted by molar-refractivity contribution is 7.47. The van der Waals surface area contributed by atoms with Crippen LogP contribution in [0.1, 0.15) is 433 Å². The molecule has 0 aliphatic carbocycles. The lowest BCUT2D eigenvalue weighted by Gasteiger charge is -2.21. The van der Waals surface area contributed by atoms with E-state index in [2.05, 4.69) is 58.9 Å². The van der Waals surface area contributed by atoms with Crippen molar-refractivity contribution >= 4 is 39.5 Å². The standard InChI is InChI=1S/C85H162O17P2/c1-6-9-12-15-18-21-24-27-30-32-34-36-39-42-45-50-56-61-66-71-85(90)101-80(74-95-82(87)68-63-58-53-48-43-40-38-35-33-31-28-25-22-19-16-13-10-7-2)76-99-103(91,92)97-72-79(86)73-98-104(93,94)100-77-81(75-96-83(88)69-64-59-54-51-46-47-52-57-62-67-78(4)5)102-84(89)70-65-60-55-49-44-41-37-29-26-23-20-17-14-11-8-3/h23,26,29,37,78-81,86H,6-22,24-25,27-28,30-36,38-77H2,1-5H3,(H,91,92)(H,93,94)/b26-23-,37-29-/t79-,80-,81-/m1/s1. The zero-order valence-electron chi connectivity index (χ0n) is 67.7. The zero-order chi connectivity index (χ0) is 76.2. The predicted octanol–water partition coefficient (Wildman–Crippen LogP) is 25.5. The molecule has 17 nitrogen and oxygen atoms in total. The maximum atomic E-state index is 13.1. The SMILES string of the molecule is CCCCCC/C=C\C=C/CCCCCCCC(=O)O[C@H](COC(=O)CCCCCCCCCCCC(C)C)COP(=O)(O)OC[C@H](O)COP(=O)(O)OC[C@@H](COC(=O)CCCCCCCCCCCCCCCCCCCC)OC(=O)CCCCCCCCCCCCCCCCCCCCC. The summed E-state index contributed by atoms with van der Waals surface area (Å²) in [6, 6.07) is 0. The molecule has 5 atom stereocenters. The van der Waals surface area contributed by atoms with Crippen LogP contribution in [0.2, 0.25) is 0 Å². The molecular weight excluding hydrogens is 1350 g/mol. The molecule has 614 valence electrons. The number of ether oxygens (including phenoxy) is 4. The Bertz CT molecular complexity index is 2070. The van der Waals surface area contributed by atoms with Crippen molar-refractivity contribution in [2.75, 3.05) is 39.6 Å². The van der Waals surface area contributed by atoms with Crippen LogP contribution in [0.5, 0.6) is 0 Å². The molecule has 19 heteroatoms. The molecule has 0 radical (unpaired) electrons. The summed E-state index contributed by atoms with van der Waals surface area (Å²) in [4.78, 5) is 73.2. The third-order valence-corrected chi connectivity index (χ3v) is 21.3. The second-order valence-corrected chi connectivity index (χ2v) is 33.3. The molecule has 0 amide bonds. The van der Waals surface area contributed by atoms with Crippen molar-refractivity contribution in [3.63, 3.8) is 0 Å². The van der Waals surface area contributed by atoms with Gasteiger partial charge >= 0.3 is 39.5 Å². The largest absolute Gasteiger partial charge is 0.472 e. The van der Waals surface area contributed by atoms with E-state index in [1.165, 1.54) is 244 Å². The lowest BCUT2D eigenvalue weighted by Crippen LogP contribution is -2.30. The van der Waals surface area contributed by atoms with Crippen LogP contribution >= 0.6 is 15.6 Å². The van der Waals surface area contributed by atoms with Crippen LogP contribution in [0.4, 0.5) is 0 Å². The van der Waals surface area contributed by atoms with E-state index in [-0.39, 0.29) is 25.7 Å². The molecule has 0 bridgehead atoms. The van der Waals surface area contributed by atoms with Gasteiger partial charge in [-0.05, 0) is 57.3 Å². The molecule has 0 heterocycles. The number of carbonyl (C=O) groups excluding carboxylic acids is 4. The molecule has 2 unspecified atom stereocenters. The van der Waals surface area contributed by atoms with E-state index in [1.54, 1.807) is 0 Å². The van der Waals surface area contributed by atoms with Gasteiger partial charge < -0.3 is 33.8 Å². The molecule has 0 spiro atoms. The average Bonchev–Trinajstić information content (AvgIpc) is 0.932. The maximum Gasteiger partial charge on any atom is 0.472 e. The summed E-state index contributed by atoms with van der Waals surface area (Å²) in [5.74, 6) is -1.39. The van der Waals surface area contributed by atoms with Gasteiger partial charge in [0.05, 0.1) is 26.4 Å². The minimum Gasteiger partial charge on any atom is -0.462 e. The van der Waals surface area contributed by atoms with Crippen molar-refractivity contribution in [3.8, 4) is 0 Å². The maximum absolute atomic E-state index is 13.1. The topological polar surface area (TPSA) is 237 Å². The van der Waals surface area contributed by atoms with Crippen molar-refractivity contribution in [1.29, 1.82) is 0 Å². The van der Waals surface area contributed by atoms with Crippen LogP contribution in [0.25, 0.3) is 0 Å².